The van der Waals surface area contributed by atoms with Gasteiger partial charge in [0.25, 0.3) is 0 Å². The van der Waals surface area contributed by atoms with Crippen LogP contribution in [0.1, 0.15) is 56.3 Å². The number of aryl methyl sites for hydroxylation is 1. The first kappa shape index (κ1) is 12.2. The molecule has 1 nitrogen and oxygen atoms in total. The molecule has 98 valence electrons. The Balaban J connectivity index is 1.75. The zero-order chi connectivity index (χ0) is 12.5. The highest BCUT2D eigenvalue weighted by atomic mass is 16.3. The number of hydrogen-bond acceptors (Lipinski definition) is 1. The third-order valence-electron chi connectivity index (χ3n) is 5.03. The third kappa shape index (κ3) is 2.21. The van der Waals surface area contributed by atoms with Gasteiger partial charge in [0.2, 0.25) is 0 Å². The Labute approximate surface area is 110 Å². The van der Waals surface area contributed by atoms with E-state index in [0.29, 0.717) is 5.92 Å². The van der Waals surface area contributed by atoms with Gasteiger partial charge in [-0.15, -0.1) is 0 Å². The fraction of sp³-hybridized carbons (Fsp3) is 0.647. The van der Waals surface area contributed by atoms with Gasteiger partial charge in [0.15, 0.2) is 0 Å². The van der Waals surface area contributed by atoms with Crippen LogP contribution in [0.2, 0.25) is 0 Å². The highest BCUT2D eigenvalue weighted by Crippen LogP contribution is 2.52. The van der Waals surface area contributed by atoms with Crippen molar-refractivity contribution < 1.29 is 5.11 Å². The molecule has 0 aliphatic heterocycles. The molecule has 0 heterocycles. The van der Waals surface area contributed by atoms with E-state index in [2.05, 4.69) is 31.2 Å². The van der Waals surface area contributed by atoms with Crippen LogP contribution in [0.25, 0.3) is 0 Å². The molecule has 0 spiro atoms. The molecule has 2 aliphatic rings. The second kappa shape index (κ2) is 5.05. The Kier molecular flexibility index (Phi) is 3.43. The Morgan fingerprint density at radius 2 is 2.17 bits per heavy atom. The summed E-state index contributed by atoms with van der Waals surface area (Å²) in [6, 6.07) is 8.62. The predicted molar refractivity (Wildman–Crippen MR) is 74.3 cm³/mol. The van der Waals surface area contributed by atoms with E-state index in [1.807, 2.05) is 0 Å². The average Bonchev–Trinajstić information content (AvgIpc) is 3.01. The van der Waals surface area contributed by atoms with E-state index in [-0.39, 0.29) is 6.10 Å². The van der Waals surface area contributed by atoms with Crippen molar-refractivity contribution in [2.24, 2.45) is 17.8 Å². The molecule has 4 unspecified atom stereocenters. The maximum absolute atomic E-state index is 10.6. The molecule has 2 bridgehead atoms. The van der Waals surface area contributed by atoms with Crippen LogP contribution in [0.3, 0.4) is 0 Å². The quantitative estimate of drug-likeness (QED) is 0.845. The third-order valence-corrected chi connectivity index (χ3v) is 5.03. The van der Waals surface area contributed by atoms with Crippen molar-refractivity contribution in [3.05, 3.63) is 35.4 Å². The first-order valence-electron chi connectivity index (χ1n) is 7.55. The van der Waals surface area contributed by atoms with Crippen molar-refractivity contribution in [3.63, 3.8) is 0 Å². The Morgan fingerprint density at radius 1 is 1.28 bits per heavy atom. The van der Waals surface area contributed by atoms with Gasteiger partial charge in [0.05, 0.1) is 6.10 Å². The molecule has 18 heavy (non-hydrogen) atoms. The lowest BCUT2D eigenvalue weighted by molar-refractivity contribution is 0.0744. The number of aliphatic hydroxyl groups is 1. The van der Waals surface area contributed by atoms with E-state index in [0.717, 1.165) is 23.8 Å². The molecule has 1 aromatic rings. The van der Waals surface area contributed by atoms with Gasteiger partial charge < -0.3 is 5.11 Å². The van der Waals surface area contributed by atoms with Crippen molar-refractivity contribution in [1.29, 1.82) is 0 Å². The summed E-state index contributed by atoms with van der Waals surface area (Å²) in [5, 5.41) is 10.6. The summed E-state index contributed by atoms with van der Waals surface area (Å²) in [5.41, 5.74) is 2.52. The van der Waals surface area contributed by atoms with Crippen LogP contribution < -0.4 is 0 Å². The van der Waals surface area contributed by atoms with Gasteiger partial charge in [0.1, 0.15) is 0 Å². The van der Waals surface area contributed by atoms with Crippen molar-refractivity contribution in [2.75, 3.05) is 0 Å². The molecule has 2 saturated carbocycles. The lowest BCUT2D eigenvalue weighted by atomic mass is 9.82. The minimum Gasteiger partial charge on any atom is -0.388 e. The van der Waals surface area contributed by atoms with Crippen LogP contribution in [0, 0.1) is 17.8 Å². The molecule has 0 radical (unpaired) electrons. The number of benzene rings is 1. The minimum atomic E-state index is -0.225. The molecular weight excluding hydrogens is 220 g/mol. The van der Waals surface area contributed by atoms with E-state index in [4.69, 9.17) is 0 Å². The topological polar surface area (TPSA) is 20.2 Å². The van der Waals surface area contributed by atoms with Gasteiger partial charge in [-0.1, -0.05) is 44.0 Å². The Bertz CT molecular complexity index is 412. The van der Waals surface area contributed by atoms with Gasteiger partial charge in [-0.2, -0.15) is 0 Å². The van der Waals surface area contributed by atoms with E-state index in [9.17, 15) is 5.11 Å². The first-order valence-corrected chi connectivity index (χ1v) is 7.55. The maximum atomic E-state index is 10.6. The first-order chi connectivity index (χ1) is 8.78. The minimum absolute atomic E-state index is 0.225. The van der Waals surface area contributed by atoms with E-state index in [1.54, 1.807) is 0 Å². The van der Waals surface area contributed by atoms with Crippen molar-refractivity contribution in [1.82, 2.24) is 0 Å². The van der Waals surface area contributed by atoms with Crippen molar-refractivity contribution >= 4 is 0 Å². The molecule has 2 fully saturated rings. The maximum Gasteiger partial charge on any atom is 0.0821 e. The van der Waals surface area contributed by atoms with Crippen LogP contribution in [0.4, 0.5) is 0 Å². The summed E-state index contributed by atoms with van der Waals surface area (Å²) in [5.74, 6) is 2.23. The molecule has 0 aromatic heterocycles. The van der Waals surface area contributed by atoms with Crippen LogP contribution >= 0.6 is 0 Å². The number of aliphatic hydroxyl groups excluding tert-OH is 1. The lowest BCUT2D eigenvalue weighted by Gasteiger charge is -2.27. The SMILES string of the molecule is CCCc1cccc(C(O)C2CC3CCC2C3)c1. The number of fused-ring (bicyclic) bond motifs is 2. The molecule has 1 heteroatoms. The summed E-state index contributed by atoms with van der Waals surface area (Å²) in [7, 11) is 0. The van der Waals surface area contributed by atoms with Gasteiger partial charge in [-0.05, 0) is 54.6 Å². The Morgan fingerprint density at radius 3 is 2.83 bits per heavy atom. The van der Waals surface area contributed by atoms with Gasteiger partial charge in [0, 0.05) is 0 Å². The highest BCUT2D eigenvalue weighted by molar-refractivity contribution is 5.26. The zero-order valence-electron chi connectivity index (χ0n) is 11.3. The number of rotatable bonds is 4. The smallest absolute Gasteiger partial charge is 0.0821 e. The van der Waals surface area contributed by atoms with E-state index < -0.39 is 0 Å². The van der Waals surface area contributed by atoms with Crippen LogP contribution in [0.5, 0.6) is 0 Å². The van der Waals surface area contributed by atoms with Crippen LogP contribution in [0.15, 0.2) is 24.3 Å². The van der Waals surface area contributed by atoms with Gasteiger partial charge >= 0.3 is 0 Å². The number of hydrogen-bond donors (Lipinski definition) is 1. The van der Waals surface area contributed by atoms with Crippen molar-refractivity contribution in [2.45, 2.75) is 51.6 Å². The van der Waals surface area contributed by atoms with Crippen LogP contribution in [-0.4, -0.2) is 5.11 Å². The highest BCUT2D eigenvalue weighted by Gasteiger charge is 2.42. The predicted octanol–water partition coefficient (Wildman–Crippen LogP) is 4.11. The molecule has 0 saturated heterocycles. The molecule has 2 aliphatic carbocycles. The monoisotopic (exact) mass is 244 g/mol. The zero-order valence-corrected chi connectivity index (χ0v) is 11.3. The fourth-order valence-electron chi connectivity index (χ4n) is 4.15. The van der Waals surface area contributed by atoms with Crippen LogP contribution in [-0.2, 0) is 6.42 Å². The largest absolute Gasteiger partial charge is 0.388 e. The molecular formula is C17H24O. The fourth-order valence-corrected chi connectivity index (χ4v) is 4.15. The van der Waals surface area contributed by atoms with E-state index >= 15 is 0 Å². The normalized spacial score (nSPS) is 31.8. The molecule has 0 amide bonds. The molecule has 1 aromatic carbocycles. The van der Waals surface area contributed by atoms with Gasteiger partial charge in [-0.3, -0.25) is 0 Å². The summed E-state index contributed by atoms with van der Waals surface area (Å²) in [6.45, 7) is 2.21. The molecule has 4 atom stereocenters. The Hall–Kier alpha value is -0.820. The van der Waals surface area contributed by atoms with Crippen molar-refractivity contribution in [3.8, 4) is 0 Å². The molecule has 3 rings (SSSR count). The average molecular weight is 244 g/mol. The summed E-state index contributed by atoms with van der Waals surface area (Å²) in [4.78, 5) is 0. The standard InChI is InChI=1S/C17H24O/c1-2-4-12-5-3-6-15(9-12)17(18)16-11-13-7-8-14(16)10-13/h3,5-6,9,13-14,16-18H,2,4,7-8,10-11H2,1H3. The summed E-state index contributed by atoms with van der Waals surface area (Å²) < 4.78 is 0. The van der Waals surface area contributed by atoms with E-state index in [1.165, 1.54) is 37.7 Å². The molecule has 1 N–H and O–H groups in total. The summed E-state index contributed by atoms with van der Waals surface area (Å²) in [6.07, 6.45) is 7.45. The summed E-state index contributed by atoms with van der Waals surface area (Å²) >= 11 is 0. The second-order valence-electron chi connectivity index (χ2n) is 6.28. The lowest BCUT2D eigenvalue weighted by Crippen LogP contribution is -2.19. The van der Waals surface area contributed by atoms with Gasteiger partial charge in [-0.25, -0.2) is 0 Å². The second-order valence-corrected chi connectivity index (χ2v) is 6.28.